The Labute approximate surface area is 151 Å². The second-order valence-electron chi connectivity index (χ2n) is 6.00. The molecule has 2 aromatic carbocycles. The molecule has 0 aliphatic carbocycles. The zero-order chi connectivity index (χ0) is 18.2. The topological polar surface area (TPSA) is 68.2 Å². The second kappa shape index (κ2) is 6.74. The maximum Gasteiger partial charge on any atom is 0.308 e. The van der Waals surface area contributed by atoms with E-state index < -0.39 is 10.0 Å². The molecule has 0 unspecified atom stereocenters. The van der Waals surface area contributed by atoms with Gasteiger partial charge in [-0.15, -0.1) is 0 Å². The highest BCUT2D eigenvalue weighted by Crippen LogP contribution is 2.23. The molecule has 0 amide bonds. The standard InChI is InChI=1S/C18H20N2O3S2/c1-4-20-16-10-9-15(11-17(16)24-18(20)21)25(22,23)19-13(3)14-7-5-12(2)6-8-14/h5-11,13,19H,4H2,1-3H3/t13-/m0/s1. The van der Waals surface area contributed by atoms with Gasteiger partial charge in [-0.3, -0.25) is 9.36 Å². The summed E-state index contributed by atoms with van der Waals surface area (Å²) >= 11 is 1.07. The molecule has 132 valence electrons. The quantitative estimate of drug-likeness (QED) is 0.742. The fourth-order valence-electron chi connectivity index (χ4n) is 2.74. The Balaban J connectivity index is 1.92. The van der Waals surface area contributed by atoms with Crippen molar-refractivity contribution in [3.8, 4) is 0 Å². The Morgan fingerprint density at radius 3 is 2.48 bits per heavy atom. The van der Waals surface area contributed by atoms with Gasteiger partial charge in [0, 0.05) is 12.6 Å². The van der Waals surface area contributed by atoms with Crippen LogP contribution in [0.15, 0.2) is 52.2 Å². The third-order valence-electron chi connectivity index (χ3n) is 4.18. The van der Waals surface area contributed by atoms with Crippen molar-refractivity contribution in [2.24, 2.45) is 0 Å². The molecule has 0 saturated carbocycles. The van der Waals surface area contributed by atoms with Crippen molar-refractivity contribution < 1.29 is 8.42 Å². The van der Waals surface area contributed by atoms with Crippen LogP contribution in [0.2, 0.25) is 0 Å². The summed E-state index contributed by atoms with van der Waals surface area (Å²) in [5.41, 5.74) is 2.79. The first-order valence-electron chi connectivity index (χ1n) is 8.04. The Kier molecular flexibility index (Phi) is 4.81. The van der Waals surface area contributed by atoms with E-state index in [-0.39, 0.29) is 15.8 Å². The molecule has 1 N–H and O–H groups in total. The summed E-state index contributed by atoms with van der Waals surface area (Å²) in [5, 5.41) is 0. The molecule has 0 aliphatic heterocycles. The van der Waals surface area contributed by atoms with Gasteiger partial charge in [0.15, 0.2) is 0 Å². The number of hydrogen-bond acceptors (Lipinski definition) is 4. The highest BCUT2D eigenvalue weighted by atomic mass is 32.2. The van der Waals surface area contributed by atoms with Crippen molar-refractivity contribution in [2.45, 2.75) is 38.3 Å². The van der Waals surface area contributed by atoms with E-state index in [0.717, 1.165) is 28.0 Å². The van der Waals surface area contributed by atoms with Crippen LogP contribution in [0.1, 0.15) is 31.0 Å². The first-order valence-corrected chi connectivity index (χ1v) is 10.3. The molecular weight excluding hydrogens is 356 g/mol. The van der Waals surface area contributed by atoms with Crippen molar-refractivity contribution >= 4 is 31.6 Å². The molecule has 3 rings (SSSR count). The van der Waals surface area contributed by atoms with Gasteiger partial charge in [0.1, 0.15) is 0 Å². The summed E-state index contributed by atoms with van der Waals surface area (Å²) in [4.78, 5) is 12.0. The second-order valence-corrected chi connectivity index (χ2v) is 8.70. The van der Waals surface area contributed by atoms with Gasteiger partial charge in [-0.05, 0) is 44.5 Å². The zero-order valence-corrected chi connectivity index (χ0v) is 15.9. The largest absolute Gasteiger partial charge is 0.308 e. The number of hydrogen-bond donors (Lipinski definition) is 1. The lowest BCUT2D eigenvalue weighted by Gasteiger charge is -2.15. The van der Waals surface area contributed by atoms with Gasteiger partial charge in [0.25, 0.3) is 0 Å². The molecule has 0 spiro atoms. The number of aromatic nitrogens is 1. The van der Waals surface area contributed by atoms with Crippen molar-refractivity contribution in [3.63, 3.8) is 0 Å². The van der Waals surface area contributed by atoms with E-state index in [1.165, 1.54) is 0 Å². The molecule has 0 fully saturated rings. The average molecular weight is 377 g/mol. The summed E-state index contributed by atoms with van der Waals surface area (Å²) < 4.78 is 30.4. The van der Waals surface area contributed by atoms with Crippen LogP contribution in [0.25, 0.3) is 10.2 Å². The van der Waals surface area contributed by atoms with Gasteiger partial charge in [0.05, 0.1) is 15.1 Å². The lowest BCUT2D eigenvalue weighted by Crippen LogP contribution is -2.26. The number of nitrogens with zero attached hydrogens (tertiary/aromatic N) is 1. The zero-order valence-electron chi connectivity index (χ0n) is 14.3. The predicted octanol–water partition coefficient (Wildman–Crippen LogP) is 3.43. The van der Waals surface area contributed by atoms with E-state index in [9.17, 15) is 13.2 Å². The van der Waals surface area contributed by atoms with Gasteiger partial charge >= 0.3 is 4.87 Å². The molecule has 7 heteroatoms. The van der Waals surface area contributed by atoms with Crippen LogP contribution in [0.3, 0.4) is 0 Å². The van der Waals surface area contributed by atoms with Crippen LogP contribution in [-0.2, 0) is 16.6 Å². The first kappa shape index (κ1) is 17.8. The molecule has 0 radical (unpaired) electrons. The number of rotatable bonds is 5. The van der Waals surface area contributed by atoms with Gasteiger partial charge < -0.3 is 0 Å². The number of benzene rings is 2. The summed E-state index contributed by atoms with van der Waals surface area (Å²) in [6, 6.07) is 12.2. The minimum absolute atomic E-state index is 0.0759. The Morgan fingerprint density at radius 2 is 1.84 bits per heavy atom. The van der Waals surface area contributed by atoms with E-state index >= 15 is 0 Å². The smallest absolute Gasteiger partial charge is 0.299 e. The van der Waals surface area contributed by atoms with Crippen LogP contribution in [0, 0.1) is 6.92 Å². The third-order valence-corrected chi connectivity index (χ3v) is 6.66. The molecule has 3 aromatic rings. The SMILES string of the molecule is CCn1c(=O)sc2cc(S(=O)(=O)N[C@@H](C)c3ccc(C)cc3)ccc21. The van der Waals surface area contributed by atoms with Gasteiger partial charge in [0.2, 0.25) is 10.0 Å². The van der Waals surface area contributed by atoms with Crippen LogP contribution in [-0.4, -0.2) is 13.0 Å². The van der Waals surface area contributed by atoms with Crippen LogP contribution in [0.5, 0.6) is 0 Å². The van der Waals surface area contributed by atoms with Crippen LogP contribution >= 0.6 is 11.3 Å². The first-order chi connectivity index (χ1) is 11.8. The normalized spacial score (nSPS) is 13.2. The number of aryl methyl sites for hydroxylation is 2. The molecule has 0 aliphatic rings. The van der Waals surface area contributed by atoms with Crippen molar-refractivity contribution in [1.29, 1.82) is 0 Å². The molecular formula is C18H20N2O3S2. The maximum absolute atomic E-state index is 12.7. The number of nitrogens with one attached hydrogen (secondary N) is 1. The minimum Gasteiger partial charge on any atom is -0.299 e. The van der Waals surface area contributed by atoms with E-state index in [1.807, 2.05) is 45.0 Å². The summed E-state index contributed by atoms with van der Waals surface area (Å²) in [6.07, 6.45) is 0. The van der Waals surface area contributed by atoms with E-state index in [1.54, 1.807) is 22.8 Å². The average Bonchev–Trinajstić information content (AvgIpc) is 2.89. The highest BCUT2D eigenvalue weighted by molar-refractivity contribution is 7.89. The molecule has 0 saturated heterocycles. The fourth-order valence-corrected chi connectivity index (χ4v) is 5.06. The maximum atomic E-state index is 12.7. The lowest BCUT2D eigenvalue weighted by atomic mass is 10.1. The predicted molar refractivity (Wildman–Crippen MR) is 102 cm³/mol. The summed E-state index contributed by atoms with van der Waals surface area (Å²) in [5.74, 6) is 0. The van der Waals surface area contributed by atoms with Gasteiger partial charge in [-0.2, -0.15) is 0 Å². The third kappa shape index (κ3) is 3.53. The highest BCUT2D eigenvalue weighted by Gasteiger charge is 2.20. The molecule has 1 atom stereocenters. The van der Waals surface area contributed by atoms with E-state index in [4.69, 9.17) is 0 Å². The molecule has 1 heterocycles. The van der Waals surface area contributed by atoms with Crippen molar-refractivity contribution in [1.82, 2.24) is 9.29 Å². The number of sulfonamides is 1. The number of fused-ring (bicyclic) bond motifs is 1. The van der Waals surface area contributed by atoms with Crippen molar-refractivity contribution in [3.05, 3.63) is 63.3 Å². The van der Waals surface area contributed by atoms with Crippen molar-refractivity contribution in [2.75, 3.05) is 0 Å². The molecule has 0 bridgehead atoms. The summed E-state index contributed by atoms with van der Waals surface area (Å²) in [6.45, 7) is 6.26. The Hall–Kier alpha value is -1.96. The van der Waals surface area contributed by atoms with E-state index in [0.29, 0.717) is 11.2 Å². The van der Waals surface area contributed by atoms with Crippen LogP contribution in [0.4, 0.5) is 0 Å². The Morgan fingerprint density at radius 1 is 1.16 bits per heavy atom. The fraction of sp³-hybridized carbons (Fsp3) is 0.278. The molecule has 5 nitrogen and oxygen atoms in total. The Bertz CT molecular complexity index is 1060. The van der Waals surface area contributed by atoms with Crippen LogP contribution < -0.4 is 9.60 Å². The molecule has 25 heavy (non-hydrogen) atoms. The summed E-state index contributed by atoms with van der Waals surface area (Å²) in [7, 11) is -3.67. The minimum atomic E-state index is -3.67. The van der Waals surface area contributed by atoms with Gasteiger partial charge in [-0.1, -0.05) is 41.2 Å². The van der Waals surface area contributed by atoms with E-state index in [2.05, 4.69) is 4.72 Å². The molecule has 1 aromatic heterocycles. The number of thiazole rings is 1. The lowest BCUT2D eigenvalue weighted by molar-refractivity contribution is 0.567. The van der Waals surface area contributed by atoms with Gasteiger partial charge in [-0.25, -0.2) is 13.1 Å². The monoisotopic (exact) mass is 376 g/mol.